The number of amides is 2. The lowest BCUT2D eigenvalue weighted by Crippen LogP contribution is -2.43. The summed E-state index contributed by atoms with van der Waals surface area (Å²) < 4.78 is 0. The van der Waals surface area contributed by atoms with Gasteiger partial charge in [0.1, 0.15) is 11.9 Å². The van der Waals surface area contributed by atoms with Crippen LogP contribution in [0.5, 0.6) is 0 Å². The van der Waals surface area contributed by atoms with Crippen LogP contribution in [0.3, 0.4) is 0 Å². The van der Waals surface area contributed by atoms with Gasteiger partial charge >= 0.3 is 0 Å². The van der Waals surface area contributed by atoms with Gasteiger partial charge in [0.05, 0.1) is 5.69 Å². The summed E-state index contributed by atoms with van der Waals surface area (Å²) in [7, 11) is 0. The van der Waals surface area contributed by atoms with Gasteiger partial charge in [-0.2, -0.15) is 0 Å². The summed E-state index contributed by atoms with van der Waals surface area (Å²) in [5.74, 6) is 0.00771. The van der Waals surface area contributed by atoms with Crippen LogP contribution in [0.15, 0.2) is 54.6 Å². The Bertz CT molecular complexity index is 1230. The summed E-state index contributed by atoms with van der Waals surface area (Å²) in [5.41, 5.74) is 3.80. The number of nitrogens with one attached hydrogen (secondary N) is 4. The highest BCUT2D eigenvalue weighted by Crippen LogP contribution is 2.30. The first-order valence-electron chi connectivity index (χ1n) is 9.84. The van der Waals surface area contributed by atoms with E-state index in [1.165, 1.54) is 0 Å². The molecule has 8 nitrogen and oxygen atoms in total. The molecule has 5 rings (SSSR count). The van der Waals surface area contributed by atoms with E-state index in [0.717, 1.165) is 27.8 Å². The fourth-order valence-corrected chi connectivity index (χ4v) is 3.79. The van der Waals surface area contributed by atoms with E-state index in [1.54, 1.807) is 0 Å². The van der Waals surface area contributed by atoms with Crippen molar-refractivity contribution in [1.29, 1.82) is 0 Å². The van der Waals surface area contributed by atoms with Gasteiger partial charge < -0.3 is 20.6 Å². The van der Waals surface area contributed by atoms with E-state index < -0.39 is 11.9 Å². The third kappa shape index (κ3) is 3.43. The quantitative estimate of drug-likeness (QED) is 0.421. The molecule has 1 aliphatic heterocycles. The average molecular weight is 400 g/mol. The number of rotatable bonds is 4. The zero-order chi connectivity index (χ0) is 20.5. The molecule has 1 atom stereocenters. The number of nitrogens with zero attached hydrogens (tertiary/aromatic N) is 2. The maximum Gasteiger partial charge on any atom is 0.289 e. The molecule has 8 heteroatoms. The van der Waals surface area contributed by atoms with Crippen molar-refractivity contribution in [2.75, 3.05) is 5.32 Å². The minimum Gasteiger partial charge on any atom is -0.357 e. The van der Waals surface area contributed by atoms with Gasteiger partial charge in [-0.25, -0.2) is 0 Å². The van der Waals surface area contributed by atoms with Gasteiger partial charge in [-0.05, 0) is 24.5 Å². The van der Waals surface area contributed by atoms with Crippen molar-refractivity contribution in [2.24, 2.45) is 0 Å². The maximum atomic E-state index is 12.7. The first kappa shape index (κ1) is 18.1. The van der Waals surface area contributed by atoms with Crippen LogP contribution in [-0.2, 0) is 17.6 Å². The first-order chi connectivity index (χ1) is 14.7. The predicted molar refractivity (Wildman–Crippen MR) is 112 cm³/mol. The Balaban J connectivity index is 1.28. The zero-order valence-corrected chi connectivity index (χ0v) is 16.1. The number of aromatic amines is 2. The Labute approximate surface area is 172 Å². The second-order valence-corrected chi connectivity index (χ2v) is 7.36. The summed E-state index contributed by atoms with van der Waals surface area (Å²) in [5, 5.41) is 14.7. The van der Waals surface area contributed by atoms with Crippen LogP contribution in [0.25, 0.3) is 10.9 Å². The molecule has 0 spiro atoms. The van der Waals surface area contributed by atoms with Crippen LogP contribution in [0, 0.1) is 0 Å². The van der Waals surface area contributed by atoms with Crippen LogP contribution in [-0.4, -0.2) is 38.0 Å². The minimum atomic E-state index is -0.653. The number of aromatic nitrogens is 4. The number of hydrogen-bond acceptors (Lipinski definition) is 4. The Morgan fingerprint density at radius 3 is 2.70 bits per heavy atom. The molecule has 1 unspecified atom stereocenters. The van der Waals surface area contributed by atoms with Crippen LogP contribution >= 0.6 is 0 Å². The molecular weight excluding hydrogens is 380 g/mol. The van der Waals surface area contributed by atoms with E-state index in [2.05, 4.69) is 30.8 Å². The number of anilines is 1. The molecule has 30 heavy (non-hydrogen) atoms. The number of benzene rings is 2. The third-order valence-electron chi connectivity index (χ3n) is 5.30. The predicted octanol–water partition coefficient (Wildman–Crippen LogP) is 2.56. The Kier molecular flexibility index (Phi) is 4.51. The van der Waals surface area contributed by atoms with Gasteiger partial charge in [0, 0.05) is 23.0 Å². The number of aryl methyl sites for hydroxylation is 1. The summed E-state index contributed by atoms with van der Waals surface area (Å²) in [6.07, 6.45) is 1.68. The van der Waals surface area contributed by atoms with Gasteiger partial charge in [0.25, 0.3) is 5.91 Å². The second kappa shape index (κ2) is 7.47. The Hall–Kier alpha value is -3.94. The SMILES string of the molecule is O=C(NC1CCc2[nH]c3ccccc3c2NC1=O)c1nnc(Cc2ccccc2)[nH]1. The summed E-state index contributed by atoms with van der Waals surface area (Å²) in [6, 6.07) is 17.0. The Morgan fingerprint density at radius 1 is 1.03 bits per heavy atom. The minimum absolute atomic E-state index is 0.0990. The molecule has 0 aliphatic carbocycles. The lowest BCUT2D eigenvalue weighted by Gasteiger charge is -2.14. The molecule has 0 saturated carbocycles. The van der Waals surface area contributed by atoms with Crippen molar-refractivity contribution >= 4 is 28.4 Å². The lowest BCUT2D eigenvalue weighted by atomic mass is 10.1. The van der Waals surface area contributed by atoms with Crippen LogP contribution in [0.4, 0.5) is 5.69 Å². The van der Waals surface area contributed by atoms with Gasteiger partial charge in [-0.3, -0.25) is 9.59 Å². The van der Waals surface area contributed by atoms with Crippen molar-refractivity contribution in [3.8, 4) is 0 Å². The highest BCUT2D eigenvalue weighted by molar-refractivity contribution is 6.06. The highest BCUT2D eigenvalue weighted by atomic mass is 16.2. The Morgan fingerprint density at radius 2 is 1.83 bits per heavy atom. The molecule has 0 radical (unpaired) electrons. The van der Waals surface area contributed by atoms with Crippen LogP contribution in [0.1, 0.15) is 34.1 Å². The standard InChI is InChI=1S/C22H20N6O2/c29-21-17(11-10-16-19(26-21)14-8-4-5-9-15(14)23-16)24-22(30)20-25-18(27-28-20)12-13-6-2-1-3-7-13/h1-9,17,23H,10-12H2,(H,24,30)(H,26,29)(H,25,27,28). The fourth-order valence-electron chi connectivity index (χ4n) is 3.79. The average Bonchev–Trinajstić information content (AvgIpc) is 3.33. The molecule has 4 aromatic rings. The van der Waals surface area contributed by atoms with Crippen molar-refractivity contribution in [2.45, 2.75) is 25.3 Å². The number of carbonyl (C=O) groups excluding carboxylic acids is 2. The molecule has 4 N–H and O–H groups in total. The second-order valence-electron chi connectivity index (χ2n) is 7.36. The molecule has 0 fully saturated rings. The normalized spacial score (nSPS) is 16.0. The monoisotopic (exact) mass is 400 g/mol. The number of fused-ring (bicyclic) bond motifs is 3. The zero-order valence-electron chi connectivity index (χ0n) is 16.1. The molecular formula is C22H20N6O2. The van der Waals surface area contributed by atoms with Gasteiger partial charge in [-0.1, -0.05) is 48.5 Å². The molecule has 2 amide bonds. The first-order valence-corrected chi connectivity index (χ1v) is 9.84. The molecule has 2 aromatic heterocycles. The molecule has 0 saturated heterocycles. The fraction of sp³-hybridized carbons (Fsp3) is 0.182. The summed E-state index contributed by atoms with van der Waals surface area (Å²) in [6.45, 7) is 0. The van der Waals surface area contributed by atoms with E-state index in [9.17, 15) is 9.59 Å². The number of para-hydroxylation sites is 1. The van der Waals surface area contributed by atoms with Crippen molar-refractivity contribution in [3.63, 3.8) is 0 Å². The smallest absolute Gasteiger partial charge is 0.289 e. The van der Waals surface area contributed by atoms with E-state index in [4.69, 9.17) is 0 Å². The summed E-state index contributed by atoms with van der Waals surface area (Å²) >= 11 is 0. The van der Waals surface area contributed by atoms with Crippen LogP contribution in [0.2, 0.25) is 0 Å². The number of carbonyl (C=O) groups is 2. The van der Waals surface area contributed by atoms with Crippen molar-refractivity contribution in [1.82, 2.24) is 25.5 Å². The molecule has 1 aliphatic rings. The number of H-pyrrole nitrogens is 2. The van der Waals surface area contributed by atoms with E-state index in [1.807, 2.05) is 54.6 Å². The molecule has 150 valence electrons. The maximum absolute atomic E-state index is 12.7. The van der Waals surface area contributed by atoms with Crippen LogP contribution < -0.4 is 10.6 Å². The third-order valence-corrected chi connectivity index (χ3v) is 5.30. The highest BCUT2D eigenvalue weighted by Gasteiger charge is 2.28. The van der Waals surface area contributed by atoms with Gasteiger partial charge in [0.15, 0.2) is 0 Å². The molecule has 3 heterocycles. The lowest BCUT2D eigenvalue weighted by molar-refractivity contribution is -0.118. The van der Waals surface area contributed by atoms with E-state index in [-0.39, 0.29) is 11.7 Å². The topological polar surface area (TPSA) is 116 Å². The molecule has 0 bridgehead atoms. The number of hydrogen-bond donors (Lipinski definition) is 4. The van der Waals surface area contributed by atoms with E-state index in [0.29, 0.717) is 25.1 Å². The van der Waals surface area contributed by atoms with Crippen molar-refractivity contribution < 1.29 is 9.59 Å². The summed E-state index contributed by atoms with van der Waals surface area (Å²) in [4.78, 5) is 31.7. The molecule has 2 aromatic carbocycles. The van der Waals surface area contributed by atoms with Gasteiger partial charge in [0.2, 0.25) is 11.7 Å². The van der Waals surface area contributed by atoms with E-state index >= 15 is 0 Å². The van der Waals surface area contributed by atoms with Crippen molar-refractivity contribution in [3.05, 3.63) is 77.5 Å². The van der Waals surface area contributed by atoms with Gasteiger partial charge in [-0.15, -0.1) is 10.2 Å². The largest absolute Gasteiger partial charge is 0.357 e.